The van der Waals surface area contributed by atoms with Crippen molar-refractivity contribution in [1.29, 1.82) is 0 Å². The fraction of sp³-hybridized carbons (Fsp3) is 0.0769. The third kappa shape index (κ3) is 5.72. The number of hydrogen-bond donors (Lipinski definition) is 2. The van der Waals surface area contributed by atoms with Crippen LogP contribution in [0.25, 0.3) is 16.9 Å². The minimum atomic E-state index is -0.904. The van der Waals surface area contributed by atoms with E-state index in [-0.39, 0.29) is 0 Å². The molecule has 4 rings (SSSR count). The van der Waals surface area contributed by atoms with E-state index in [0.29, 0.717) is 22.7 Å². The number of amides is 2. The first-order valence-electron chi connectivity index (χ1n) is 10.7. The number of hydrazone groups is 1. The monoisotopic (exact) mass is 469 g/mol. The molecule has 0 aliphatic rings. The SMILES string of the molecule is COc1ccc(NC(=O)C(=O)N/N=C\c2cn(-c3ccccc3)nc2-c2ccc(OC)cc2)cc1. The van der Waals surface area contributed by atoms with Crippen LogP contribution in [0.1, 0.15) is 5.56 Å². The molecule has 0 radical (unpaired) electrons. The standard InChI is InChI=1S/C26H23N5O4/c1-34-22-12-8-18(9-13-22)24-19(17-31(30-24)21-6-4-3-5-7-21)16-27-29-26(33)25(32)28-20-10-14-23(35-2)15-11-20/h3-17H,1-2H3,(H,28,32)(H,29,33)/b27-16-. The summed E-state index contributed by atoms with van der Waals surface area (Å²) < 4.78 is 12.0. The lowest BCUT2D eigenvalue weighted by Crippen LogP contribution is -2.32. The van der Waals surface area contributed by atoms with Gasteiger partial charge in [0, 0.05) is 23.0 Å². The molecule has 0 unspecified atom stereocenters. The highest BCUT2D eigenvalue weighted by Crippen LogP contribution is 2.25. The highest BCUT2D eigenvalue weighted by Gasteiger charge is 2.14. The number of nitrogens with zero attached hydrogens (tertiary/aromatic N) is 3. The van der Waals surface area contributed by atoms with E-state index in [1.54, 1.807) is 49.4 Å². The van der Waals surface area contributed by atoms with E-state index < -0.39 is 11.8 Å². The zero-order valence-corrected chi connectivity index (χ0v) is 19.1. The Kier molecular flexibility index (Phi) is 7.17. The minimum Gasteiger partial charge on any atom is -0.497 e. The molecule has 0 saturated carbocycles. The van der Waals surface area contributed by atoms with E-state index in [9.17, 15) is 9.59 Å². The molecule has 9 heteroatoms. The number of para-hydroxylation sites is 1. The second kappa shape index (κ2) is 10.8. The van der Waals surface area contributed by atoms with Crippen LogP contribution in [0.4, 0.5) is 5.69 Å². The molecule has 0 fully saturated rings. The number of carbonyl (C=O) groups is 2. The fourth-order valence-electron chi connectivity index (χ4n) is 3.24. The average Bonchev–Trinajstić information content (AvgIpc) is 3.33. The number of carbonyl (C=O) groups excluding carboxylic acids is 2. The Bertz CT molecular complexity index is 1330. The summed E-state index contributed by atoms with van der Waals surface area (Å²) in [6.07, 6.45) is 3.24. The molecule has 0 atom stereocenters. The molecule has 0 aliphatic heterocycles. The fourth-order valence-corrected chi connectivity index (χ4v) is 3.24. The van der Waals surface area contributed by atoms with E-state index in [2.05, 4.69) is 15.8 Å². The molecule has 1 aromatic heterocycles. The van der Waals surface area contributed by atoms with Gasteiger partial charge in [0.15, 0.2) is 0 Å². The smallest absolute Gasteiger partial charge is 0.329 e. The van der Waals surface area contributed by atoms with Crippen LogP contribution in [0.15, 0.2) is 90.2 Å². The Balaban J connectivity index is 1.51. The van der Waals surface area contributed by atoms with Crippen LogP contribution in [0.5, 0.6) is 11.5 Å². The van der Waals surface area contributed by atoms with Crippen molar-refractivity contribution in [2.75, 3.05) is 19.5 Å². The molecule has 176 valence electrons. The van der Waals surface area contributed by atoms with Gasteiger partial charge in [0.1, 0.15) is 17.2 Å². The van der Waals surface area contributed by atoms with Gasteiger partial charge in [-0.2, -0.15) is 10.2 Å². The van der Waals surface area contributed by atoms with Gasteiger partial charge >= 0.3 is 11.8 Å². The first-order chi connectivity index (χ1) is 17.1. The van der Waals surface area contributed by atoms with Crippen LogP contribution in [-0.4, -0.2) is 42.0 Å². The number of methoxy groups -OCH3 is 2. The second-order valence-electron chi connectivity index (χ2n) is 7.32. The van der Waals surface area contributed by atoms with Crippen molar-refractivity contribution in [1.82, 2.24) is 15.2 Å². The van der Waals surface area contributed by atoms with Gasteiger partial charge < -0.3 is 14.8 Å². The quantitative estimate of drug-likeness (QED) is 0.244. The molecule has 35 heavy (non-hydrogen) atoms. The number of rotatable bonds is 7. The number of anilines is 1. The number of hydrogen-bond acceptors (Lipinski definition) is 6. The van der Waals surface area contributed by atoms with Crippen molar-refractivity contribution >= 4 is 23.7 Å². The number of benzene rings is 3. The third-order valence-corrected chi connectivity index (χ3v) is 5.05. The Morgan fingerprint density at radius 1 is 0.857 bits per heavy atom. The minimum absolute atomic E-state index is 0.459. The molecule has 4 aromatic rings. The largest absolute Gasteiger partial charge is 0.497 e. The first-order valence-corrected chi connectivity index (χ1v) is 10.7. The first kappa shape index (κ1) is 23.2. The number of ether oxygens (including phenoxy) is 2. The zero-order valence-electron chi connectivity index (χ0n) is 19.1. The second-order valence-corrected chi connectivity index (χ2v) is 7.32. The predicted octanol–water partition coefficient (Wildman–Crippen LogP) is 3.65. The zero-order chi connectivity index (χ0) is 24.6. The molecule has 0 saturated heterocycles. The van der Waals surface area contributed by atoms with Crippen molar-refractivity contribution in [3.8, 4) is 28.4 Å². The molecular formula is C26H23N5O4. The van der Waals surface area contributed by atoms with Gasteiger partial charge in [-0.15, -0.1) is 0 Å². The lowest BCUT2D eigenvalue weighted by atomic mass is 10.1. The van der Waals surface area contributed by atoms with Crippen molar-refractivity contribution in [3.63, 3.8) is 0 Å². The highest BCUT2D eigenvalue weighted by atomic mass is 16.5. The Morgan fingerprint density at radius 3 is 2.11 bits per heavy atom. The molecular weight excluding hydrogens is 446 g/mol. The molecule has 9 nitrogen and oxygen atoms in total. The van der Waals surface area contributed by atoms with Crippen molar-refractivity contribution in [2.45, 2.75) is 0 Å². The number of nitrogens with one attached hydrogen (secondary N) is 2. The van der Waals surface area contributed by atoms with E-state index in [1.165, 1.54) is 6.21 Å². The van der Waals surface area contributed by atoms with Crippen LogP contribution < -0.4 is 20.2 Å². The maximum absolute atomic E-state index is 12.2. The number of aromatic nitrogens is 2. The van der Waals surface area contributed by atoms with E-state index in [0.717, 1.165) is 17.0 Å². The topological polar surface area (TPSA) is 107 Å². The lowest BCUT2D eigenvalue weighted by Gasteiger charge is -2.05. The third-order valence-electron chi connectivity index (χ3n) is 5.05. The molecule has 3 aromatic carbocycles. The van der Waals surface area contributed by atoms with Gasteiger partial charge in [-0.1, -0.05) is 18.2 Å². The van der Waals surface area contributed by atoms with Gasteiger partial charge in [0.05, 0.1) is 26.1 Å². The molecule has 2 amide bonds. The average molecular weight is 470 g/mol. The maximum atomic E-state index is 12.2. The summed E-state index contributed by atoms with van der Waals surface area (Å²) in [5.41, 5.74) is 5.72. The Morgan fingerprint density at radius 2 is 1.49 bits per heavy atom. The lowest BCUT2D eigenvalue weighted by molar-refractivity contribution is -0.136. The van der Waals surface area contributed by atoms with Gasteiger partial charge in [-0.3, -0.25) is 9.59 Å². The normalized spacial score (nSPS) is 10.7. The molecule has 1 heterocycles. The molecule has 0 spiro atoms. The van der Waals surface area contributed by atoms with Crippen LogP contribution in [0, 0.1) is 0 Å². The molecule has 0 bridgehead atoms. The Hall–Kier alpha value is -4.92. The summed E-state index contributed by atoms with van der Waals surface area (Å²) in [7, 11) is 3.15. The summed E-state index contributed by atoms with van der Waals surface area (Å²) in [6, 6.07) is 23.7. The summed E-state index contributed by atoms with van der Waals surface area (Å²) in [4.78, 5) is 24.4. The summed E-state index contributed by atoms with van der Waals surface area (Å²) in [6.45, 7) is 0. The van der Waals surface area contributed by atoms with Crippen LogP contribution in [0.2, 0.25) is 0 Å². The van der Waals surface area contributed by atoms with Crippen molar-refractivity contribution < 1.29 is 19.1 Å². The summed E-state index contributed by atoms with van der Waals surface area (Å²) in [5, 5.41) is 11.2. The van der Waals surface area contributed by atoms with Crippen LogP contribution in [0.3, 0.4) is 0 Å². The van der Waals surface area contributed by atoms with E-state index >= 15 is 0 Å². The van der Waals surface area contributed by atoms with Gasteiger partial charge in [0.2, 0.25) is 0 Å². The summed E-state index contributed by atoms with van der Waals surface area (Å²) in [5.74, 6) is -0.386. The van der Waals surface area contributed by atoms with Gasteiger partial charge in [-0.25, -0.2) is 10.1 Å². The Labute approximate surface area is 202 Å². The summed E-state index contributed by atoms with van der Waals surface area (Å²) >= 11 is 0. The highest BCUT2D eigenvalue weighted by molar-refractivity contribution is 6.39. The van der Waals surface area contributed by atoms with Crippen LogP contribution in [-0.2, 0) is 9.59 Å². The predicted molar refractivity (Wildman–Crippen MR) is 133 cm³/mol. The van der Waals surface area contributed by atoms with Crippen molar-refractivity contribution in [3.05, 3.63) is 90.6 Å². The van der Waals surface area contributed by atoms with E-state index in [1.807, 2.05) is 54.6 Å². The van der Waals surface area contributed by atoms with E-state index in [4.69, 9.17) is 14.6 Å². The maximum Gasteiger partial charge on any atom is 0.329 e. The molecule has 2 N–H and O–H groups in total. The van der Waals surface area contributed by atoms with Crippen molar-refractivity contribution in [2.24, 2.45) is 5.10 Å². The van der Waals surface area contributed by atoms with Gasteiger partial charge in [-0.05, 0) is 60.7 Å². The van der Waals surface area contributed by atoms with Crippen LogP contribution >= 0.6 is 0 Å². The molecule has 0 aliphatic carbocycles. The van der Waals surface area contributed by atoms with Gasteiger partial charge in [0.25, 0.3) is 0 Å².